The van der Waals surface area contributed by atoms with Crippen molar-refractivity contribution in [1.29, 1.82) is 0 Å². The summed E-state index contributed by atoms with van der Waals surface area (Å²) < 4.78 is 0. The Kier molecular flexibility index (Phi) is 9.35. The fourth-order valence-corrected chi connectivity index (χ4v) is 3.48. The average Bonchev–Trinajstić information content (AvgIpc) is 2.85. The van der Waals surface area contributed by atoms with Crippen molar-refractivity contribution < 1.29 is 5.21 Å². The first-order valence-electron chi connectivity index (χ1n) is 11.3. The number of hydroxylamine groups is 1. The molecule has 1 heterocycles. The molecule has 6 nitrogen and oxygen atoms in total. The maximum atomic E-state index is 8.83. The second-order valence-electron chi connectivity index (χ2n) is 7.98. The van der Waals surface area contributed by atoms with Crippen molar-refractivity contribution in [3.63, 3.8) is 0 Å². The molecule has 32 heavy (non-hydrogen) atoms. The summed E-state index contributed by atoms with van der Waals surface area (Å²) >= 11 is 0. The molecule has 2 N–H and O–H groups in total. The second kappa shape index (κ2) is 12.7. The van der Waals surface area contributed by atoms with Gasteiger partial charge in [0, 0.05) is 47.6 Å². The van der Waals surface area contributed by atoms with Gasteiger partial charge < -0.3 is 5.21 Å². The highest BCUT2D eigenvalue weighted by Gasteiger charge is 2.14. The largest absolute Gasteiger partial charge is 0.317 e. The Hall–Kier alpha value is -3.09. The number of hydrogen-bond acceptors (Lipinski definition) is 6. The first-order valence-corrected chi connectivity index (χ1v) is 11.3. The lowest BCUT2D eigenvalue weighted by Crippen LogP contribution is -2.21. The van der Waals surface area contributed by atoms with E-state index in [9.17, 15) is 0 Å². The summed E-state index contributed by atoms with van der Waals surface area (Å²) in [6, 6.07) is 20.4. The van der Waals surface area contributed by atoms with Crippen LogP contribution in [0.4, 0.5) is 17.3 Å². The first-order chi connectivity index (χ1) is 15.7. The lowest BCUT2D eigenvalue weighted by molar-refractivity contribution is 0.127. The molecule has 6 heteroatoms. The summed E-state index contributed by atoms with van der Waals surface area (Å²) in [6.07, 6.45) is 9.18. The summed E-state index contributed by atoms with van der Waals surface area (Å²) in [5, 5.41) is 8.83. The highest BCUT2D eigenvalue weighted by molar-refractivity contribution is 5.98. The Balaban J connectivity index is 1.61. The lowest BCUT2D eigenvalue weighted by Gasteiger charge is -2.22. The van der Waals surface area contributed by atoms with Gasteiger partial charge in [0.2, 0.25) is 5.95 Å². The van der Waals surface area contributed by atoms with Gasteiger partial charge in [-0.1, -0.05) is 55.7 Å². The van der Waals surface area contributed by atoms with Crippen molar-refractivity contribution in [3.05, 3.63) is 78.6 Å². The number of nitrogens with zero attached hydrogens (tertiary/aromatic N) is 4. The fraction of sp³-hybridized carbons (Fsp3) is 0.346. The number of rotatable bonds is 12. The molecule has 0 spiro atoms. The summed E-state index contributed by atoms with van der Waals surface area (Å²) in [7, 11) is 0. The average molecular weight is 432 g/mol. The molecule has 2 aromatic carbocycles. The molecule has 1 aromatic heterocycles. The third-order valence-electron chi connectivity index (χ3n) is 5.40. The van der Waals surface area contributed by atoms with Crippen molar-refractivity contribution in [2.45, 2.75) is 52.0 Å². The molecule has 1 unspecified atom stereocenters. The van der Waals surface area contributed by atoms with Crippen molar-refractivity contribution in [2.24, 2.45) is 4.99 Å². The van der Waals surface area contributed by atoms with E-state index in [0.717, 1.165) is 61.3 Å². The maximum Gasteiger partial charge on any atom is 0.234 e. The standard InChI is InChI=1S/C26H33N5O/c1-21(30-32)13-7-3-4-12-18-27-22(2)23-19-28-26(29-20-23)31(24-14-8-5-9-15-24)25-16-10-6-11-17-25/h5-6,8-11,14-17,19-21,30,32H,3-4,7,12-13,18H2,1-2H3. The Labute approximate surface area is 191 Å². The van der Waals surface area contributed by atoms with Gasteiger partial charge in [-0.2, -0.15) is 0 Å². The topological polar surface area (TPSA) is 73.6 Å². The Morgan fingerprint density at radius 2 is 1.47 bits per heavy atom. The molecule has 0 bridgehead atoms. The van der Waals surface area contributed by atoms with Gasteiger partial charge in [-0.3, -0.25) is 9.89 Å². The fourth-order valence-electron chi connectivity index (χ4n) is 3.48. The molecule has 3 rings (SSSR count). The lowest BCUT2D eigenvalue weighted by atomic mass is 10.1. The van der Waals surface area contributed by atoms with Crippen LogP contribution >= 0.6 is 0 Å². The van der Waals surface area contributed by atoms with E-state index in [4.69, 9.17) is 10.2 Å². The minimum Gasteiger partial charge on any atom is -0.317 e. The number of benzene rings is 2. The SMILES string of the molecule is CC(=NCCCCCCC(C)NO)c1cnc(N(c2ccccc2)c2ccccc2)nc1. The van der Waals surface area contributed by atoms with E-state index in [1.54, 1.807) is 0 Å². The van der Waals surface area contributed by atoms with Crippen LogP contribution in [-0.2, 0) is 0 Å². The van der Waals surface area contributed by atoms with E-state index in [1.807, 2.05) is 67.5 Å². The molecule has 0 radical (unpaired) electrons. The number of aliphatic imine (C=N–C) groups is 1. The quantitative estimate of drug-likeness (QED) is 0.207. The Morgan fingerprint density at radius 1 is 0.906 bits per heavy atom. The predicted molar refractivity (Wildman–Crippen MR) is 131 cm³/mol. The third-order valence-corrected chi connectivity index (χ3v) is 5.40. The molecule has 0 aliphatic heterocycles. The number of anilines is 3. The molecular weight excluding hydrogens is 398 g/mol. The van der Waals surface area contributed by atoms with E-state index in [0.29, 0.717) is 5.95 Å². The monoisotopic (exact) mass is 431 g/mol. The van der Waals surface area contributed by atoms with Gasteiger partial charge >= 0.3 is 0 Å². The first kappa shape index (κ1) is 23.6. The smallest absolute Gasteiger partial charge is 0.234 e. The summed E-state index contributed by atoms with van der Waals surface area (Å²) in [6.45, 7) is 4.81. The van der Waals surface area contributed by atoms with Gasteiger partial charge in [-0.15, -0.1) is 0 Å². The molecular formula is C26H33N5O. The van der Waals surface area contributed by atoms with Gasteiger partial charge in [-0.05, 0) is 51.0 Å². The van der Waals surface area contributed by atoms with Crippen LogP contribution in [0.5, 0.6) is 0 Å². The van der Waals surface area contributed by atoms with Crippen molar-refractivity contribution in [2.75, 3.05) is 11.4 Å². The minimum atomic E-state index is 0.165. The Morgan fingerprint density at radius 3 is 2.03 bits per heavy atom. The molecule has 168 valence electrons. The van der Waals surface area contributed by atoms with Gasteiger partial charge in [-0.25, -0.2) is 15.4 Å². The predicted octanol–water partition coefficient (Wildman–Crippen LogP) is 6.07. The normalized spacial score (nSPS) is 12.5. The van der Waals surface area contributed by atoms with E-state index in [-0.39, 0.29) is 6.04 Å². The molecule has 3 aromatic rings. The second-order valence-corrected chi connectivity index (χ2v) is 7.98. The molecule has 0 aliphatic rings. The van der Waals surface area contributed by atoms with E-state index >= 15 is 0 Å². The van der Waals surface area contributed by atoms with Crippen LogP contribution in [-0.4, -0.2) is 33.5 Å². The number of hydrogen-bond donors (Lipinski definition) is 2. The minimum absolute atomic E-state index is 0.165. The zero-order valence-electron chi connectivity index (χ0n) is 19.0. The van der Waals surface area contributed by atoms with Crippen molar-refractivity contribution in [3.8, 4) is 0 Å². The molecule has 0 fully saturated rings. The van der Waals surface area contributed by atoms with Gasteiger partial charge in [0.15, 0.2) is 0 Å². The van der Waals surface area contributed by atoms with Crippen LogP contribution in [0.3, 0.4) is 0 Å². The van der Waals surface area contributed by atoms with Gasteiger partial charge in [0.1, 0.15) is 0 Å². The summed E-state index contributed by atoms with van der Waals surface area (Å²) in [4.78, 5) is 16.1. The molecule has 0 saturated heterocycles. The van der Waals surface area contributed by atoms with Crippen molar-refractivity contribution >= 4 is 23.0 Å². The van der Waals surface area contributed by atoms with Crippen LogP contribution in [0.2, 0.25) is 0 Å². The number of aromatic nitrogens is 2. The van der Waals surface area contributed by atoms with Gasteiger partial charge in [0.25, 0.3) is 0 Å². The number of nitrogens with one attached hydrogen (secondary N) is 1. The molecule has 0 amide bonds. The molecule has 1 atom stereocenters. The van der Waals surface area contributed by atoms with Crippen LogP contribution in [0.1, 0.15) is 51.5 Å². The zero-order valence-corrected chi connectivity index (χ0v) is 19.0. The van der Waals surface area contributed by atoms with Gasteiger partial charge in [0.05, 0.1) is 0 Å². The van der Waals surface area contributed by atoms with Crippen LogP contribution in [0.15, 0.2) is 78.0 Å². The van der Waals surface area contributed by atoms with E-state index < -0.39 is 0 Å². The molecule has 0 saturated carbocycles. The van der Waals surface area contributed by atoms with Crippen molar-refractivity contribution in [1.82, 2.24) is 15.4 Å². The summed E-state index contributed by atoms with van der Waals surface area (Å²) in [5.41, 5.74) is 6.22. The number of unbranched alkanes of at least 4 members (excludes halogenated alkanes) is 3. The van der Waals surface area contributed by atoms with E-state index in [1.165, 1.54) is 0 Å². The zero-order chi connectivity index (χ0) is 22.6. The number of para-hydroxylation sites is 2. The van der Waals surface area contributed by atoms with Crippen LogP contribution < -0.4 is 10.4 Å². The third kappa shape index (κ3) is 6.97. The maximum absolute atomic E-state index is 8.83. The van der Waals surface area contributed by atoms with Crippen LogP contribution in [0, 0.1) is 0 Å². The van der Waals surface area contributed by atoms with E-state index in [2.05, 4.69) is 39.7 Å². The summed E-state index contributed by atoms with van der Waals surface area (Å²) in [5.74, 6) is 0.630. The highest BCUT2D eigenvalue weighted by Crippen LogP contribution is 2.31. The highest BCUT2D eigenvalue weighted by atomic mass is 16.5. The molecule has 0 aliphatic carbocycles. The van der Waals surface area contributed by atoms with Crippen LogP contribution in [0.25, 0.3) is 0 Å². The Bertz CT molecular complexity index is 905.